The van der Waals surface area contributed by atoms with E-state index in [0.29, 0.717) is 6.42 Å². The number of carbonyl (C=O) groups is 1. The number of hydrogen-bond acceptors (Lipinski definition) is 2. The summed E-state index contributed by atoms with van der Waals surface area (Å²) in [5, 5.41) is 13.8. The van der Waals surface area contributed by atoms with E-state index in [1.165, 1.54) is 0 Å². The molecule has 0 saturated heterocycles. The second kappa shape index (κ2) is 4.90. The maximum absolute atomic E-state index is 11.4. The first kappa shape index (κ1) is 13.7. The number of carboxylic acid groups (broad SMARTS) is 1. The van der Waals surface area contributed by atoms with E-state index in [2.05, 4.69) is 5.10 Å². The molecule has 1 rings (SSSR count). The number of carboxylic acids is 1. The van der Waals surface area contributed by atoms with Gasteiger partial charge in [0.05, 0.1) is 11.1 Å². The number of aromatic nitrogens is 2. The van der Waals surface area contributed by atoms with E-state index >= 15 is 0 Å². The second-order valence-electron chi connectivity index (χ2n) is 5.15. The number of hydrogen-bond donors (Lipinski definition) is 1. The minimum Gasteiger partial charge on any atom is -0.481 e. The zero-order chi connectivity index (χ0) is 13.2. The van der Waals surface area contributed by atoms with Crippen LogP contribution in [0.25, 0.3) is 0 Å². The molecule has 0 aliphatic carbocycles. The van der Waals surface area contributed by atoms with Crippen LogP contribution in [0.15, 0.2) is 6.07 Å². The van der Waals surface area contributed by atoms with E-state index < -0.39 is 11.4 Å². The van der Waals surface area contributed by atoms with Crippen molar-refractivity contribution in [1.29, 1.82) is 0 Å². The van der Waals surface area contributed by atoms with E-state index in [4.69, 9.17) is 0 Å². The zero-order valence-corrected chi connectivity index (χ0v) is 11.3. The summed E-state index contributed by atoms with van der Waals surface area (Å²) in [4.78, 5) is 11.4. The molecule has 4 nitrogen and oxygen atoms in total. The van der Waals surface area contributed by atoms with Gasteiger partial charge in [-0.3, -0.25) is 9.48 Å². The molecule has 0 fully saturated rings. The lowest BCUT2D eigenvalue weighted by Gasteiger charge is -2.29. The smallest absolute Gasteiger partial charge is 0.310 e. The minimum absolute atomic E-state index is 0.0838. The first-order valence-corrected chi connectivity index (χ1v) is 6.08. The topological polar surface area (TPSA) is 55.1 Å². The van der Waals surface area contributed by atoms with Crippen molar-refractivity contribution in [2.45, 2.75) is 47.6 Å². The van der Waals surface area contributed by atoms with Crippen LogP contribution in [0.4, 0.5) is 0 Å². The van der Waals surface area contributed by atoms with Gasteiger partial charge in [0.2, 0.25) is 0 Å². The molecule has 1 heterocycles. The van der Waals surface area contributed by atoms with Crippen LogP contribution in [0.2, 0.25) is 0 Å². The standard InChI is InChI=1S/C13H22N2O2/c1-6-15-11(7-10(4)14-15)8-13(5,9(2)3)12(16)17/h7,9H,6,8H2,1-5H3,(H,16,17). The molecule has 0 radical (unpaired) electrons. The van der Waals surface area contributed by atoms with E-state index in [1.807, 2.05) is 45.4 Å². The average molecular weight is 238 g/mol. The summed E-state index contributed by atoms with van der Waals surface area (Å²) in [6.07, 6.45) is 0.522. The fourth-order valence-corrected chi connectivity index (χ4v) is 1.92. The monoisotopic (exact) mass is 238 g/mol. The van der Waals surface area contributed by atoms with E-state index in [9.17, 15) is 9.90 Å². The van der Waals surface area contributed by atoms with Crippen molar-refractivity contribution >= 4 is 5.97 Å². The highest BCUT2D eigenvalue weighted by Gasteiger charge is 2.37. The molecular weight excluding hydrogens is 216 g/mol. The normalized spacial score (nSPS) is 14.9. The number of aliphatic carboxylic acids is 1. The maximum Gasteiger partial charge on any atom is 0.310 e. The van der Waals surface area contributed by atoms with Crippen LogP contribution in [0.5, 0.6) is 0 Å². The lowest BCUT2D eigenvalue weighted by molar-refractivity contribution is -0.150. The molecule has 17 heavy (non-hydrogen) atoms. The molecule has 1 atom stereocenters. The van der Waals surface area contributed by atoms with Gasteiger partial charge in [-0.2, -0.15) is 5.10 Å². The van der Waals surface area contributed by atoms with Gasteiger partial charge >= 0.3 is 5.97 Å². The summed E-state index contributed by atoms with van der Waals surface area (Å²) in [7, 11) is 0. The van der Waals surface area contributed by atoms with Gasteiger partial charge in [0.25, 0.3) is 0 Å². The van der Waals surface area contributed by atoms with E-state index in [0.717, 1.165) is 17.9 Å². The van der Waals surface area contributed by atoms with Crippen molar-refractivity contribution < 1.29 is 9.90 Å². The van der Waals surface area contributed by atoms with Gasteiger partial charge in [-0.05, 0) is 32.8 Å². The lowest BCUT2D eigenvalue weighted by atomic mass is 9.75. The Hall–Kier alpha value is -1.32. The largest absolute Gasteiger partial charge is 0.481 e. The van der Waals surface area contributed by atoms with E-state index in [1.54, 1.807) is 0 Å². The summed E-state index contributed by atoms with van der Waals surface area (Å²) >= 11 is 0. The Morgan fingerprint density at radius 1 is 1.59 bits per heavy atom. The van der Waals surface area contributed by atoms with Crippen molar-refractivity contribution in [2.75, 3.05) is 0 Å². The molecule has 1 unspecified atom stereocenters. The van der Waals surface area contributed by atoms with Crippen molar-refractivity contribution in [3.05, 3.63) is 17.5 Å². The highest BCUT2D eigenvalue weighted by atomic mass is 16.4. The fraction of sp³-hybridized carbons (Fsp3) is 0.692. The molecule has 4 heteroatoms. The predicted molar refractivity (Wildman–Crippen MR) is 66.9 cm³/mol. The third-order valence-corrected chi connectivity index (χ3v) is 3.60. The van der Waals surface area contributed by atoms with Crippen LogP contribution in [0, 0.1) is 18.3 Å². The van der Waals surface area contributed by atoms with E-state index in [-0.39, 0.29) is 5.92 Å². The first-order valence-electron chi connectivity index (χ1n) is 6.08. The van der Waals surface area contributed by atoms with Crippen LogP contribution in [0.3, 0.4) is 0 Å². The molecule has 0 saturated carbocycles. The van der Waals surface area contributed by atoms with Gasteiger partial charge in [-0.1, -0.05) is 13.8 Å². The Morgan fingerprint density at radius 3 is 2.59 bits per heavy atom. The Kier molecular flexibility index (Phi) is 3.96. The lowest BCUT2D eigenvalue weighted by Crippen LogP contribution is -2.36. The first-order chi connectivity index (χ1) is 7.81. The molecule has 0 amide bonds. The predicted octanol–water partition coefficient (Wildman–Crippen LogP) is 2.50. The molecule has 0 aliphatic rings. The van der Waals surface area contributed by atoms with Gasteiger partial charge in [-0.15, -0.1) is 0 Å². The second-order valence-corrected chi connectivity index (χ2v) is 5.15. The maximum atomic E-state index is 11.4. The summed E-state index contributed by atoms with van der Waals surface area (Å²) in [5.74, 6) is -0.658. The van der Waals surface area contributed by atoms with Gasteiger partial charge in [0.1, 0.15) is 0 Å². The van der Waals surface area contributed by atoms with Crippen LogP contribution >= 0.6 is 0 Å². The number of nitrogens with zero attached hydrogens (tertiary/aromatic N) is 2. The summed E-state index contributed by atoms with van der Waals surface area (Å²) in [6, 6.07) is 1.98. The molecule has 0 spiro atoms. The molecular formula is C13H22N2O2. The average Bonchev–Trinajstić information content (AvgIpc) is 2.57. The summed E-state index contributed by atoms with van der Waals surface area (Å²) < 4.78 is 1.89. The van der Waals surface area contributed by atoms with Crippen LogP contribution < -0.4 is 0 Å². The van der Waals surface area contributed by atoms with Gasteiger partial charge in [0.15, 0.2) is 0 Å². The van der Waals surface area contributed by atoms with Gasteiger partial charge in [-0.25, -0.2) is 0 Å². The molecule has 0 bridgehead atoms. The van der Waals surface area contributed by atoms with Crippen molar-refractivity contribution in [2.24, 2.45) is 11.3 Å². The molecule has 96 valence electrons. The third kappa shape index (κ3) is 2.68. The molecule has 0 aromatic carbocycles. The number of rotatable bonds is 5. The van der Waals surface area contributed by atoms with Gasteiger partial charge in [0, 0.05) is 18.7 Å². The van der Waals surface area contributed by atoms with Crippen LogP contribution in [-0.4, -0.2) is 20.9 Å². The van der Waals surface area contributed by atoms with Crippen LogP contribution in [0.1, 0.15) is 39.1 Å². The van der Waals surface area contributed by atoms with Crippen molar-refractivity contribution in [3.63, 3.8) is 0 Å². The molecule has 0 aliphatic heterocycles. The zero-order valence-electron chi connectivity index (χ0n) is 11.3. The highest BCUT2D eigenvalue weighted by molar-refractivity contribution is 5.74. The molecule has 1 aromatic heterocycles. The minimum atomic E-state index is -0.742. The third-order valence-electron chi connectivity index (χ3n) is 3.60. The highest BCUT2D eigenvalue weighted by Crippen LogP contribution is 2.31. The summed E-state index contributed by atoms with van der Waals surface area (Å²) in [5.41, 5.74) is 1.21. The van der Waals surface area contributed by atoms with Crippen molar-refractivity contribution in [1.82, 2.24) is 9.78 Å². The fourth-order valence-electron chi connectivity index (χ4n) is 1.92. The molecule has 1 aromatic rings. The Balaban J connectivity index is 3.06. The van der Waals surface area contributed by atoms with Crippen LogP contribution in [-0.2, 0) is 17.8 Å². The van der Waals surface area contributed by atoms with Crippen molar-refractivity contribution in [3.8, 4) is 0 Å². The Bertz CT molecular complexity index is 410. The Morgan fingerprint density at radius 2 is 2.18 bits per heavy atom. The Labute approximate surface area is 103 Å². The summed E-state index contributed by atoms with van der Waals surface area (Å²) in [6.45, 7) is 10.4. The van der Waals surface area contributed by atoms with Gasteiger partial charge < -0.3 is 5.11 Å². The molecule has 1 N–H and O–H groups in total. The SMILES string of the molecule is CCn1nc(C)cc1CC(C)(C(=O)O)C(C)C. The quantitative estimate of drug-likeness (QED) is 0.857. The number of aryl methyl sites for hydroxylation is 2.